The number of aryl methyl sites for hydroxylation is 2. The van der Waals surface area contributed by atoms with Crippen molar-refractivity contribution in [2.24, 2.45) is 0 Å². The third-order valence-corrected chi connectivity index (χ3v) is 6.29. The lowest BCUT2D eigenvalue weighted by Gasteiger charge is -2.13. The van der Waals surface area contributed by atoms with Gasteiger partial charge in [-0.25, -0.2) is 8.42 Å². The minimum atomic E-state index is -3.76. The molecule has 5 nitrogen and oxygen atoms in total. The summed E-state index contributed by atoms with van der Waals surface area (Å²) in [5, 5.41) is 1.81. The van der Waals surface area contributed by atoms with E-state index in [1.165, 1.54) is 17.0 Å². The van der Waals surface area contributed by atoms with Crippen LogP contribution in [0.3, 0.4) is 0 Å². The molecule has 1 amide bonds. The van der Waals surface area contributed by atoms with Crippen molar-refractivity contribution in [1.82, 2.24) is 10.3 Å². The third kappa shape index (κ3) is 3.46. The van der Waals surface area contributed by atoms with Crippen molar-refractivity contribution < 1.29 is 13.2 Å². The maximum absolute atomic E-state index is 12.3. The second kappa shape index (κ2) is 6.43. The van der Waals surface area contributed by atoms with E-state index in [4.69, 9.17) is 0 Å². The summed E-state index contributed by atoms with van der Waals surface area (Å²) in [6.45, 7) is 1.88. The van der Waals surface area contributed by atoms with Crippen LogP contribution in [-0.2, 0) is 22.9 Å². The van der Waals surface area contributed by atoms with Gasteiger partial charge < -0.3 is 0 Å². The molecule has 0 saturated carbocycles. The summed E-state index contributed by atoms with van der Waals surface area (Å²) in [6.07, 6.45) is 4.10. The smallest absolute Gasteiger partial charge is 0.267 e. The Labute approximate surface area is 139 Å². The van der Waals surface area contributed by atoms with Crippen LogP contribution in [0, 0.1) is 6.92 Å². The molecule has 3 rings (SSSR count). The van der Waals surface area contributed by atoms with E-state index >= 15 is 0 Å². The van der Waals surface area contributed by atoms with Crippen molar-refractivity contribution in [1.29, 1.82) is 0 Å². The maximum Gasteiger partial charge on any atom is 0.267 e. The van der Waals surface area contributed by atoms with E-state index in [0.717, 1.165) is 36.8 Å². The number of hydrogen-bond donors (Lipinski definition) is 2. The zero-order valence-corrected chi connectivity index (χ0v) is 14.4. The predicted octanol–water partition coefficient (Wildman–Crippen LogP) is 2.56. The van der Waals surface area contributed by atoms with Gasteiger partial charge in [-0.3, -0.25) is 10.2 Å². The summed E-state index contributed by atoms with van der Waals surface area (Å²) >= 11 is 1.57. The van der Waals surface area contributed by atoms with Gasteiger partial charge in [-0.15, -0.1) is 16.2 Å². The van der Waals surface area contributed by atoms with Gasteiger partial charge in [0.1, 0.15) is 0 Å². The fourth-order valence-electron chi connectivity index (χ4n) is 2.64. The molecule has 122 valence electrons. The number of rotatable bonds is 4. The van der Waals surface area contributed by atoms with Gasteiger partial charge >= 0.3 is 0 Å². The van der Waals surface area contributed by atoms with E-state index < -0.39 is 15.9 Å². The molecule has 0 aliphatic heterocycles. The highest BCUT2D eigenvalue weighted by Crippen LogP contribution is 2.30. The van der Waals surface area contributed by atoms with E-state index in [1.54, 1.807) is 23.5 Å². The SMILES string of the molecule is Cc1ccc(S(=O)(=O)NNC(=O)c2csc3c2CCCC3)cc1. The first-order valence-electron chi connectivity index (χ1n) is 7.45. The molecule has 0 radical (unpaired) electrons. The van der Waals surface area contributed by atoms with Gasteiger partial charge in [0.2, 0.25) is 0 Å². The van der Waals surface area contributed by atoms with Gasteiger partial charge in [-0.1, -0.05) is 17.7 Å². The van der Waals surface area contributed by atoms with Crippen LogP contribution in [0.15, 0.2) is 34.5 Å². The van der Waals surface area contributed by atoms with E-state index in [1.807, 2.05) is 12.3 Å². The van der Waals surface area contributed by atoms with Crippen LogP contribution in [-0.4, -0.2) is 14.3 Å². The van der Waals surface area contributed by atoms with E-state index in [9.17, 15) is 13.2 Å². The molecule has 1 aliphatic rings. The number of hydrogen-bond acceptors (Lipinski definition) is 4. The predicted molar refractivity (Wildman–Crippen MR) is 89.9 cm³/mol. The Balaban J connectivity index is 1.71. The first kappa shape index (κ1) is 16.2. The lowest BCUT2D eigenvalue weighted by Crippen LogP contribution is -2.41. The van der Waals surface area contributed by atoms with Gasteiger partial charge in [0.25, 0.3) is 15.9 Å². The van der Waals surface area contributed by atoms with Crippen molar-refractivity contribution in [2.75, 3.05) is 0 Å². The Bertz CT molecular complexity index is 824. The molecule has 1 aromatic heterocycles. The van der Waals surface area contributed by atoms with Crippen LogP contribution >= 0.6 is 11.3 Å². The molecule has 0 spiro atoms. The van der Waals surface area contributed by atoms with Gasteiger partial charge in [0, 0.05) is 10.3 Å². The summed E-state index contributed by atoms with van der Waals surface area (Å²) in [4.78, 5) is 15.8. The monoisotopic (exact) mass is 350 g/mol. The summed E-state index contributed by atoms with van der Waals surface area (Å²) < 4.78 is 24.4. The quantitative estimate of drug-likeness (QED) is 0.832. The Hall–Kier alpha value is -1.70. The lowest BCUT2D eigenvalue weighted by molar-refractivity contribution is 0.0944. The van der Waals surface area contributed by atoms with Gasteiger partial charge in [-0.05, 0) is 50.3 Å². The van der Waals surface area contributed by atoms with Crippen molar-refractivity contribution in [3.63, 3.8) is 0 Å². The minimum absolute atomic E-state index is 0.121. The standard InChI is InChI=1S/C16H18N2O3S2/c1-11-6-8-12(9-7-11)23(20,21)18-17-16(19)14-10-22-15-5-3-2-4-13(14)15/h6-10,18H,2-5H2,1H3,(H,17,19). The van der Waals surface area contributed by atoms with Crippen LogP contribution in [0.2, 0.25) is 0 Å². The van der Waals surface area contributed by atoms with Crippen molar-refractivity contribution in [3.05, 3.63) is 51.2 Å². The van der Waals surface area contributed by atoms with Crippen molar-refractivity contribution in [2.45, 2.75) is 37.5 Å². The Morgan fingerprint density at radius 3 is 2.57 bits per heavy atom. The molecule has 1 aromatic carbocycles. The van der Waals surface area contributed by atoms with Crippen molar-refractivity contribution >= 4 is 27.3 Å². The number of thiophene rings is 1. The molecule has 23 heavy (non-hydrogen) atoms. The summed E-state index contributed by atoms with van der Waals surface area (Å²) in [6, 6.07) is 6.45. The molecular weight excluding hydrogens is 332 g/mol. The summed E-state index contributed by atoms with van der Waals surface area (Å²) in [5.41, 5.74) is 4.93. The topological polar surface area (TPSA) is 75.3 Å². The van der Waals surface area contributed by atoms with E-state index in [-0.39, 0.29) is 4.90 Å². The molecule has 1 aliphatic carbocycles. The van der Waals surface area contributed by atoms with Crippen LogP contribution in [0.5, 0.6) is 0 Å². The number of nitrogens with one attached hydrogen (secondary N) is 2. The lowest BCUT2D eigenvalue weighted by atomic mass is 9.96. The Morgan fingerprint density at radius 1 is 1.13 bits per heavy atom. The molecular formula is C16H18N2O3S2. The van der Waals surface area contributed by atoms with Gasteiger partial charge in [0.05, 0.1) is 10.5 Å². The van der Waals surface area contributed by atoms with E-state index in [0.29, 0.717) is 5.56 Å². The highest BCUT2D eigenvalue weighted by molar-refractivity contribution is 7.89. The minimum Gasteiger partial charge on any atom is -0.273 e. The number of carbonyl (C=O) groups is 1. The fourth-order valence-corrected chi connectivity index (χ4v) is 4.61. The largest absolute Gasteiger partial charge is 0.273 e. The zero-order chi connectivity index (χ0) is 16.4. The number of fused-ring (bicyclic) bond motifs is 1. The first-order chi connectivity index (χ1) is 11.0. The maximum atomic E-state index is 12.3. The summed E-state index contributed by atoms with van der Waals surface area (Å²) in [7, 11) is -3.76. The second-order valence-electron chi connectivity index (χ2n) is 5.63. The van der Waals surface area contributed by atoms with Crippen LogP contribution < -0.4 is 10.3 Å². The average molecular weight is 350 g/mol. The van der Waals surface area contributed by atoms with Gasteiger partial charge in [0.15, 0.2) is 0 Å². The molecule has 0 atom stereocenters. The average Bonchev–Trinajstić information content (AvgIpc) is 2.97. The number of benzene rings is 1. The Morgan fingerprint density at radius 2 is 1.83 bits per heavy atom. The molecule has 2 aromatic rings. The molecule has 0 fully saturated rings. The number of carbonyl (C=O) groups excluding carboxylic acids is 1. The first-order valence-corrected chi connectivity index (χ1v) is 9.82. The number of hydrazine groups is 1. The van der Waals surface area contributed by atoms with Crippen LogP contribution in [0.25, 0.3) is 0 Å². The molecule has 2 N–H and O–H groups in total. The molecule has 7 heteroatoms. The highest BCUT2D eigenvalue weighted by atomic mass is 32.2. The highest BCUT2D eigenvalue weighted by Gasteiger charge is 2.21. The van der Waals surface area contributed by atoms with Gasteiger partial charge in [-0.2, -0.15) is 0 Å². The Kier molecular flexibility index (Phi) is 4.52. The number of sulfonamides is 1. The second-order valence-corrected chi connectivity index (χ2v) is 8.28. The van der Waals surface area contributed by atoms with Crippen LogP contribution in [0.4, 0.5) is 0 Å². The summed E-state index contributed by atoms with van der Waals surface area (Å²) in [5.74, 6) is -0.403. The van der Waals surface area contributed by atoms with Crippen molar-refractivity contribution in [3.8, 4) is 0 Å². The normalized spacial score (nSPS) is 14.3. The number of amides is 1. The fraction of sp³-hybridized carbons (Fsp3) is 0.312. The molecule has 0 bridgehead atoms. The molecule has 0 unspecified atom stereocenters. The third-order valence-electron chi connectivity index (χ3n) is 3.94. The molecule has 1 heterocycles. The molecule has 0 saturated heterocycles. The van der Waals surface area contributed by atoms with E-state index in [2.05, 4.69) is 10.3 Å². The van der Waals surface area contributed by atoms with Crippen LogP contribution in [0.1, 0.15) is 39.2 Å². The zero-order valence-electron chi connectivity index (χ0n) is 12.8.